The molecule has 1 heteroatoms. The average Bonchev–Trinajstić information content (AvgIpc) is 1.89. The van der Waals surface area contributed by atoms with E-state index in [-0.39, 0.29) is 0 Å². The van der Waals surface area contributed by atoms with Gasteiger partial charge in [-0.1, -0.05) is 33.1 Å². The SMILES string of the molecule is CCCCCC(Cl)CC. The Hall–Kier alpha value is 0.290. The largest absolute Gasteiger partial charge is 0.123 e. The van der Waals surface area contributed by atoms with Crippen molar-refractivity contribution in [2.75, 3.05) is 0 Å². The normalized spacial score (nSPS) is 13.7. The first-order valence-corrected chi connectivity index (χ1v) is 4.39. The summed E-state index contributed by atoms with van der Waals surface area (Å²) in [6.45, 7) is 4.36. The van der Waals surface area contributed by atoms with Crippen molar-refractivity contribution in [3.63, 3.8) is 0 Å². The van der Waals surface area contributed by atoms with Crippen LogP contribution in [-0.2, 0) is 0 Å². The average molecular weight is 149 g/mol. The van der Waals surface area contributed by atoms with Crippen molar-refractivity contribution < 1.29 is 0 Å². The summed E-state index contributed by atoms with van der Waals surface area (Å²) in [5.74, 6) is 0. The molecule has 0 spiro atoms. The van der Waals surface area contributed by atoms with Crippen LogP contribution < -0.4 is 0 Å². The smallest absolute Gasteiger partial charge is 0.0333 e. The number of alkyl halides is 1. The van der Waals surface area contributed by atoms with Crippen molar-refractivity contribution in [1.29, 1.82) is 0 Å². The minimum Gasteiger partial charge on any atom is -0.123 e. The summed E-state index contributed by atoms with van der Waals surface area (Å²) in [7, 11) is 0. The second kappa shape index (κ2) is 6.41. The van der Waals surface area contributed by atoms with E-state index in [1.807, 2.05) is 0 Å². The Morgan fingerprint density at radius 1 is 1.22 bits per heavy atom. The molecule has 0 amide bonds. The highest BCUT2D eigenvalue weighted by Crippen LogP contribution is 2.11. The lowest BCUT2D eigenvalue weighted by Crippen LogP contribution is -1.94. The van der Waals surface area contributed by atoms with Gasteiger partial charge in [0.2, 0.25) is 0 Å². The first-order chi connectivity index (χ1) is 4.31. The van der Waals surface area contributed by atoms with Gasteiger partial charge in [-0.3, -0.25) is 0 Å². The first-order valence-electron chi connectivity index (χ1n) is 3.95. The van der Waals surface area contributed by atoms with Crippen molar-refractivity contribution in [2.24, 2.45) is 0 Å². The number of halogens is 1. The van der Waals surface area contributed by atoms with E-state index < -0.39 is 0 Å². The quantitative estimate of drug-likeness (QED) is 0.413. The first kappa shape index (κ1) is 9.29. The molecule has 0 aromatic heterocycles. The van der Waals surface area contributed by atoms with Crippen LogP contribution in [0.3, 0.4) is 0 Å². The van der Waals surface area contributed by atoms with Gasteiger partial charge in [0.05, 0.1) is 0 Å². The van der Waals surface area contributed by atoms with Gasteiger partial charge in [-0.25, -0.2) is 0 Å². The number of hydrogen-bond acceptors (Lipinski definition) is 0. The van der Waals surface area contributed by atoms with Crippen LogP contribution in [0.1, 0.15) is 46.0 Å². The molecule has 1 atom stereocenters. The Bertz CT molecular complexity index is 52.5. The minimum atomic E-state index is 0.427. The van der Waals surface area contributed by atoms with E-state index in [4.69, 9.17) is 11.6 Å². The predicted octanol–water partition coefficient (Wildman–Crippen LogP) is 3.58. The maximum absolute atomic E-state index is 5.90. The molecule has 9 heavy (non-hydrogen) atoms. The zero-order valence-corrected chi connectivity index (χ0v) is 7.25. The lowest BCUT2D eigenvalue weighted by atomic mass is 10.1. The fourth-order valence-electron chi connectivity index (χ4n) is 0.820. The van der Waals surface area contributed by atoms with Gasteiger partial charge >= 0.3 is 0 Å². The standard InChI is InChI=1S/C8H17Cl/c1-3-5-6-7-8(9)4-2/h8H,3-7H2,1-2H3. The second-order valence-corrected chi connectivity index (χ2v) is 3.12. The van der Waals surface area contributed by atoms with Crippen molar-refractivity contribution in [1.82, 2.24) is 0 Å². The van der Waals surface area contributed by atoms with E-state index in [2.05, 4.69) is 13.8 Å². The minimum absolute atomic E-state index is 0.427. The Labute approximate surface area is 63.6 Å². The van der Waals surface area contributed by atoms with Gasteiger partial charge in [-0.2, -0.15) is 0 Å². The number of hydrogen-bond donors (Lipinski definition) is 0. The maximum atomic E-state index is 5.90. The fourth-order valence-corrected chi connectivity index (χ4v) is 0.974. The van der Waals surface area contributed by atoms with Crippen molar-refractivity contribution in [2.45, 2.75) is 51.3 Å². The van der Waals surface area contributed by atoms with E-state index in [1.165, 1.54) is 25.7 Å². The van der Waals surface area contributed by atoms with Crippen LogP contribution in [0, 0.1) is 0 Å². The Balaban J connectivity index is 2.88. The van der Waals surface area contributed by atoms with Gasteiger partial charge in [0.1, 0.15) is 0 Å². The second-order valence-electron chi connectivity index (χ2n) is 2.50. The van der Waals surface area contributed by atoms with Crippen molar-refractivity contribution in [3.8, 4) is 0 Å². The molecule has 0 fully saturated rings. The molecule has 0 saturated carbocycles. The van der Waals surface area contributed by atoms with Crippen molar-refractivity contribution in [3.05, 3.63) is 0 Å². The zero-order valence-electron chi connectivity index (χ0n) is 6.49. The van der Waals surface area contributed by atoms with E-state index in [0.717, 1.165) is 6.42 Å². The lowest BCUT2D eigenvalue weighted by Gasteiger charge is -2.03. The molecule has 0 aliphatic heterocycles. The molecule has 0 aliphatic carbocycles. The third kappa shape index (κ3) is 6.17. The summed E-state index contributed by atoms with van der Waals surface area (Å²) >= 11 is 5.90. The van der Waals surface area contributed by atoms with Gasteiger partial charge in [0, 0.05) is 5.38 Å². The van der Waals surface area contributed by atoms with E-state index >= 15 is 0 Å². The summed E-state index contributed by atoms with van der Waals surface area (Å²) in [4.78, 5) is 0. The lowest BCUT2D eigenvalue weighted by molar-refractivity contribution is 0.630. The molecule has 0 bridgehead atoms. The van der Waals surface area contributed by atoms with Crippen LogP contribution >= 0.6 is 11.6 Å². The summed E-state index contributed by atoms with van der Waals surface area (Å²) in [5.41, 5.74) is 0. The summed E-state index contributed by atoms with van der Waals surface area (Å²) in [6, 6.07) is 0. The van der Waals surface area contributed by atoms with Crippen LogP contribution in [0.2, 0.25) is 0 Å². The van der Waals surface area contributed by atoms with E-state index in [1.54, 1.807) is 0 Å². The number of unbranched alkanes of at least 4 members (excludes halogenated alkanes) is 2. The van der Waals surface area contributed by atoms with Crippen LogP contribution in [0.25, 0.3) is 0 Å². The third-order valence-corrected chi connectivity index (χ3v) is 2.09. The van der Waals surface area contributed by atoms with E-state index in [9.17, 15) is 0 Å². The maximum Gasteiger partial charge on any atom is 0.0333 e. The Morgan fingerprint density at radius 2 is 1.89 bits per heavy atom. The van der Waals surface area contributed by atoms with Gasteiger partial charge in [-0.05, 0) is 12.8 Å². The Kier molecular flexibility index (Phi) is 6.62. The molecular weight excluding hydrogens is 132 g/mol. The molecule has 0 rings (SSSR count). The molecule has 56 valence electrons. The van der Waals surface area contributed by atoms with Crippen LogP contribution in [0.5, 0.6) is 0 Å². The molecule has 1 unspecified atom stereocenters. The van der Waals surface area contributed by atoms with Gasteiger partial charge in [-0.15, -0.1) is 11.6 Å². The number of rotatable bonds is 5. The molecule has 0 aliphatic rings. The molecule has 0 N–H and O–H groups in total. The summed E-state index contributed by atoms with van der Waals surface area (Å²) < 4.78 is 0. The summed E-state index contributed by atoms with van der Waals surface area (Å²) in [5, 5.41) is 0.427. The zero-order chi connectivity index (χ0) is 7.11. The molecule has 0 saturated heterocycles. The third-order valence-electron chi connectivity index (χ3n) is 1.56. The van der Waals surface area contributed by atoms with Gasteiger partial charge in [0.15, 0.2) is 0 Å². The predicted molar refractivity (Wildman–Crippen MR) is 44.1 cm³/mol. The molecule has 0 aromatic carbocycles. The molecule has 0 radical (unpaired) electrons. The fraction of sp³-hybridized carbons (Fsp3) is 1.00. The highest BCUT2D eigenvalue weighted by Gasteiger charge is 1.98. The van der Waals surface area contributed by atoms with Crippen LogP contribution in [-0.4, -0.2) is 5.38 Å². The highest BCUT2D eigenvalue weighted by atomic mass is 35.5. The van der Waals surface area contributed by atoms with Crippen LogP contribution in [0.4, 0.5) is 0 Å². The molecule has 0 heterocycles. The Morgan fingerprint density at radius 3 is 2.33 bits per heavy atom. The summed E-state index contributed by atoms with van der Waals surface area (Å²) in [6.07, 6.45) is 6.26. The topological polar surface area (TPSA) is 0 Å². The van der Waals surface area contributed by atoms with Gasteiger partial charge in [0.25, 0.3) is 0 Å². The molecular formula is C8H17Cl. The molecule has 0 aromatic rings. The van der Waals surface area contributed by atoms with Gasteiger partial charge < -0.3 is 0 Å². The van der Waals surface area contributed by atoms with Crippen LogP contribution in [0.15, 0.2) is 0 Å². The van der Waals surface area contributed by atoms with Crippen molar-refractivity contribution >= 4 is 11.6 Å². The van der Waals surface area contributed by atoms with E-state index in [0.29, 0.717) is 5.38 Å². The molecule has 0 nitrogen and oxygen atoms in total. The highest BCUT2D eigenvalue weighted by molar-refractivity contribution is 6.20. The monoisotopic (exact) mass is 148 g/mol.